The SMILES string of the molecule is COc1cccc(C(=O)Cn2c(C)c(Br)c(C)nc2=O)c1. The van der Waals surface area contributed by atoms with Crippen molar-refractivity contribution in [2.45, 2.75) is 20.4 Å². The zero-order valence-corrected chi connectivity index (χ0v) is 13.6. The van der Waals surface area contributed by atoms with Crippen molar-refractivity contribution in [3.05, 3.63) is 56.2 Å². The van der Waals surface area contributed by atoms with Gasteiger partial charge in [0.25, 0.3) is 0 Å². The molecule has 110 valence electrons. The van der Waals surface area contributed by atoms with E-state index in [0.717, 1.165) is 4.47 Å². The van der Waals surface area contributed by atoms with E-state index in [1.54, 1.807) is 45.2 Å². The molecule has 0 saturated carbocycles. The summed E-state index contributed by atoms with van der Waals surface area (Å²) >= 11 is 3.38. The van der Waals surface area contributed by atoms with Crippen LogP contribution in [0.25, 0.3) is 0 Å². The minimum atomic E-state index is -0.426. The fourth-order valence-electron chi connectivity index (χ4n) is 1.99. The molecule has 0 fully saturated rings. The van der Waals surface area contributed by atoms with Crippen LogP contribution in [0.15, 0.2) is 33.5 Å². The topological polar surface area (TPSA) is 61.2 Å². The number of benzene rings is 1. The molecular weight excluding hydrogens is 336 g/mol. The monoisotopic (exact) mass is 350 g/mol. The average Bonchev–Trinajstić information content (AvgIpc) is 2.49. The van der Waals surface area contributed by atoms with Crippen LogP contribution >= 0.6 is 15.9 Å². The lowest BCUT2D eigenvalue weighted by Crippen LogP contribution is -2.29. The second-order valence-electron chi connectivity index (χ2n) is 4.62. The molecule has 2 aromatic rings. The largest absolute Gasteiger partial charge is 0.497 e. The van der Waals surface area contributed by atoms with Crippen molar-refractivity contribution in [2.75, 3.05) is 7.11 Å². The highest BCUT2D eigenvalue weighted by Gasteiger charge is 2.14. The van der Waals surface area contributed by atoms with Gasteiger partial charge in [0, 0.05) is 11.3 Å². The Labute approximate surface area is 130 Å². The zero-order chi connectivity index (χ0) is 15.6. The minimum Gasteiger partial charge on any atom is -0.497 e. The fourth-order valence-corrected chi connectivity index (χ4v) is 2.30. The molecule has 1 aromatic heterocycles. The van der Waals surface area contributed by atoms with E-state index in [-0.39, 0.29) is 12.3 Å². The first-order valence-corrected chi connectivity index (χ1v) is 7.14. The van der Waals surface area contributed by atoms with E-state index in [1.807, 2.05) is 0 Å². The van der Waals surface area contributed by atoms with Gasteiger partial charge in [0.05, 0.1) is 23.8 Å². The van der Waals surface area contributed by atoms with Gasteiger partial charge in [-0.1, -0.05) is 12.1 Å². The van der Waals surface area contributed by atoms with Gasteiger partial charge < -0.3 is 4.74 Å². The lowest BCUT2D eigenvalue weighted by atomic mass is 10.1. The highest BCUT2D eigenvalue weighted by atomic mass is 79.9. The summed E-state index contributed by atoms with van der Waals surface area (Å²) in [7, 11) is 1.54. The molecule has 1 heterocycles. The third-order valence-electron chi connectivity index (χ3n) is 3.23. The summed E-state index contributed by atoms with van der Waals surface area (Å²) in [6, 6.07) is 6.85. The number of hydrogen-bond acceptors (Lipinski definition) is 4. The highest BCUT2D eigenvalue weighted by Crippen LogP contribution is 2.18. The number of aryl methyl sites for hydroxylation is 1. The van der Waals surface area contributed by atoms with Crippen LogP contribution < -0.4 is 10.4 Å². The molecule has 0 bridgehead atoms. The van der Waals surface area contributed by atoms with Gasteiger partial charge in [-0.25, -0.2) is 4.79 Å². The summed E-state index contributed by atoms with van der Waals surface area (Å²) < 4.78 is 7.19. The molecule has 0 atom stereocenters. The predicted octanol–water partition coefficient (Wildman–Crippen LogP) is 2.51. The van der Waals surface area contributed by atoms with E-state index >= 15 is 0 Å². The Morgan fingerprint density at radius 2 is 2.10 bits per heavy atom. The van der Waals surface area contributed by atoms with Crippen molar-refractivity contribution >= 4 is 21.7 Å². The lowest BCUT2D eigenvalue weighted by Gasteiger charge is -2.11. The van der Waals surface area contributed by atoms with E-state index in [0.29, 0.717) is 22.7 Å². The summed E-state index contributed by atoms with van der Waals surface area (Å²) in [5, 5.41) is 0. The minimum absolute atomic E-state index is 0.0519. The van der Waals surface area contributed by atoms with E-state index in [1.165, 1.54) is 4.57 Å². The molecule has 0 aliphatic carbocycles. The van der Waals surface area contributed by atoms with Crippen LogP contribution in [0.2, 0.25) is 0 Å². The quantitative estimate of drug-likeness (QED) is 0.795. The third-order valence-corrected chi connectivity index (χ3v) is 4.38. The first-order valence-electron chi connectivity index (χ1n) is 6.35. The van der Waals surface area contributed by atoms with Crippen LogP contribution in [0.4, 0.5) is 0 Å². The van der Waals surface area contributed by atoms with E-state index in [4.69, 9.17) is 4.74 Å². The van der Waals surface area contributed by atoms with Crippen molar-refractivity contribution in [3.8, 4) is 5.75 Å². The summed E-state index contributed by atoms with van der Waals surface area (Å²) in [4.78, 5) is 28.2. The number of methoxy groups -OCH3 is 1. The number of aromatic nitrogens is 2. The maximum absolute atomic E-state index is 12.3. The standard InChI is InChI=1S/C15H15BrN2O3/c1-9-14(16)10(2)18(15(20)17-9)8-13(19)11-5-4-6-12(7-11)21-3/h4-7H,8H2,1-3H3. The number of ether oxygens (including phenoxy) is 1. The molecule has 21 heavy (non-hydrogen) atoms. The van der Waals surface area contributed by atoms with Gasteiger partial charge in [-0.05, 0) is 41.9 Å². The van der Waals surface area contributed by atoms with Crippen molar-refractivity contribution < 1.29 is 9.53 Å². The molecule has 0 unspecified atom stereocenters. The molecule has 0 saturated heterocycles. The second-order valence-corrected chi connectivity index (χ2v) is 5.41. The number of rotatable bonds is 4. The van der Waals surface area contributed by atoms with Crippen LogP contribution in [0.5, 0.6) is 5.75 Å². The predicted molar refractivity (Wildman–Crippen MR) is 83.0 cm³/mol. The van der Waals surface area contributed by atoms with Crippen LogP contribution in [0.3, 0.4) is 0 Å². The zero-order valence-electron chi connectivity index (χ0n) is 12.0. The molecule has 0 radical (unpaired) electrons. The van der Waals surface area contributed by atoms with E-state index in [9.17, 15) is 9.59 Å². The third kappa shape index (κ3) is 3.21. The van der Waals surface area contributed by atoms with Gasteiger partial charge in [-0.15, -0.1) is 0 Å². The maximum Gasteiger partial charge on any atom is 0.348 e. The second kappa shape index (κ2) is 6.22. The number of hydrogen-bond donors (Lipinski definition) is 0. The summed E-state index contributed by atoms with van der Waals surface area (Å²) in [6.45, 7) is 3.47. The number of ketones is 1. The highest BCUT2D eigenvalue weighted by molar-refractivity contribution is 9.10. The van der Waals surface area contributed by atoms with Crippen LogP contribution in [0, 0.1) is 13.8 Å². The first-order chi connectivity index (χ1) is 9.93. The Balaban J connectivity index is 2.36. The number of carbonyl (C=O) groups excluding carboxylic acids is 1. The van der Waals surface area contributed by atoms with Gasteiger partial charge in [0.1, 0.15) is 5.75 Å². The number of carbonyl (C=O) groups is 1. The molecule has 0 aliphatic heterocycles. The van der Waals surface area contributed by atoms with Crippen molar-refractivity contribution in [1.29, 1.82) is 0 Å². The Hall–Kier alpha value is -1.95. The Morgan fingerprint density at radius 1 is 1.38 bits per heavy atom. The fraction of sp³-hybridized carbons (Fsp3) is 0.267. The van der Waals surface area contributed by atoms with Crippen molar-refractivity contribution in [1.82, 2.24) is 9.55 Å². The van der Waals surface area contributed by atoms with E-state index < -0.39 is 5.69 Å². The van der Waals surface area contributed by atoms with Crippen LogP contribution in [-0.2, 0) is 6.54 Å². The molecule has 2 rings (SSSR count). The van der Waals surface area contributed by atoms with Gasteiger partial charge in [-0.3, -0.25) is 9.36 Å². The average molecular weight is 351 g/mol. The summed E-state index contributed by atoms with van der Waals surface area (Å²) in [6.07, 6.45) is 0. The lowest BCUT2D eigenvalue weighted by molar-refractivity contribution is 0.0969. The van der Waals surface area contributed by atoms with Crippen LogP contribution in [0.1, 0.15) is 21.7 Å². The van der Waals surface area contributed by atoms with Crippen molar-refractivity contribution in [2.24, 2.45) is 0 Å². The number of Topliss-reactive ketones (excluding diaryl/α,β-unsaturated/α-hetero) is 1. The Morgan fingerprint density at radius 3 is 2.76 bits per heavy atom. The molecule has 0 amide bonds. The maximum atomic E-state index is 12.3. The summed E-state index contributed by atoms with van der Waals surface area (Å²) in [5.41, 5.74) is 1.37. The molecule has 6 heteroatoms. The molecule has 5 nitrogen and oxygen atoms in total. The normalized spacial score (nSPS) is 10.5. The molecule has 0 aliphatic rings. The van der Waals surface area contributed by atoms with Gasteiger partial charge in [-0.2, -0.15) is 4.98 Å². The van der Waals surface area contributed by atoms with Gasteiger partial charge in [0.2, 0.25) is 0 Å². The Bertz CT molecular complexity index is 753. The summed E-state index contributed by atoms with van der Waals surface area (Å²) in [5.74, 6) is 0.435. The number of nitrogens with zero attached hydrogens (tertiary/aromatic N) is 2. The molecule has 0 N–H and O–H groups in total. The van der Waals surface area contributed by atoms with Gasteiger partial charge >= 0.3 is 5.69 Å². The first kappa shape index (κ1) is 15.4. The molecule has 0 spiro atoms. The van der Waals surface area contributed by atoms with Crippen LogP contribution in [-0.4, -0.2) is 22.4 Å². The van der Waals surface area contributed by atoms with E-state index in [2.05, 4.69) is 20.9 Å². The smallest absolute Gasteiger partial charge is 0.348 e. The van der Waals surface area contributed by atoms with Gasteiger partial charge in [0.15, 0.2) is 5.78 Å². The molecular formula is C15H15BrN2O3. The van der Waals surface area contributed by atoms with Crippen molar-refractivity contribution in [3.63, 3.8) is 0 Å². The number of halogens is 1. The Kier molecular flexibility index (Phi) is 4.57. The molecule has 1 aromatic carbocycles.